The number of carbonyl (C=O) groups is 2. The smallest absolute Gasteiger partial charge is 0.410 e. The van der Waals surface area contributed by atoms with E-state index in [0.29, 0.717) is 6.54 Å². The zero-order chi connectivity index (χ0) is 23.7. The number of nitrogens with zero attached hydrogens (tertiary/aromatic N) is 1. The van der Waals surface area contributed by atoms with Crippen LogP contribution in [0.2, 0.25) is 13.1 Å². The monoisotopic (exact) mass is 456 g/mol. The largest absolute Gasteiger partial charge is 0.445 e. The Bertz CT molecular complexity index is 864. The maximum Gasteiger partial charge on any atom is 0.410 e. The minimum absolute atomic E-state index is 0.00665. The Balaban J connectivity index is 1.82. The molecule has 0 radical (unpaired) electrons. The lowest BCUT2D eigenvalue weighted by atomic mass is 9.84. The van der Waals surface area contributed by atoms with E-state index < -0.39 is 15.1 Å². The summed E-state index contributed by atoms with van der Waals surface area (Å²) in [6.45, 7) is 11.4. The lowest BCUT2D eigenvalue weighted by Gasteiger charge is -2.33. The lowest BCUT2D eigenvalue weighted by molar-refractivity contribution is -0.121. The molecule has 0 saturated heterocycles. The Labute approximate surface area is 193 Å². The van der Waals surface area contributed by atoms with Crippen LogP contribution in [-0.2, 0) is 27.1 Å². The molecule has 0 fully saturated rings. The van der Waals surface area contributed by atoms with Gasteiger partial charge < -0.3 is 19.4 Å². The van der Waals surface area contributed by atoms with Crippen LogP contribution in [0.1, 0.15) is 43.6 Å². The van der Waals surface area contributed by atoms with Gasteiger partial charge in [0, 0.05) is 13.6 Å². The van der Waals surface area contributed by atoms with Gasteiger partial charge in [-0.1, -0.05) is 75.4 Å². The number of ether oxygens (including phenoxy) is 1. The van der Waals surface area contributed by atoms with Crippen LogP contribution in [0.5, 0.6) is 0 Å². The Kier molecular flexibility index (Phi) is 9.47. The van der Waals surface area contributed by atoms with E-state index in [1.807, 2.05) is 42.5 Å². The highest BCUT2D eigenvalue weighted by Crippen LogP contribution is 2.36. The summed E-state index contributed by atoms with van der Waals surface area (Å²) in [5, 5.41) is 2.86. The Morgan fingerprint density at radius 1 is 1.00 bits per heavy atom. The number of nitrogens with one attached hydrogen (secondary N) is 1. The SMILES string of the molecule is CN(CC(=O)NCc1ccc(C(O[SiH](C)C)C(C)(C)C)cc1)C(=O)OCc1ccccc1. The number of hydrogen-bond donors (Lipinski definition) is 1. The molecule has 0 aliphatic carbocycles. The van der Waals surface area contributed by atoms with Crippen molar-refractivity contribution in [3.63, 3.8) is 0 Å². The van der Waals surface area contributed by atoms with E-state index >= 15 is 0 Å². The third-order valence-corrected chi connectivity index (χ3v) is 5.68. The predicted molar refractivity (Wildman–Crippen MR) is 130 cm³/mol. The number of benzene rings is 2. The van der Waals surface area contributed by atoms with E-state index in [9.17, 15) is 9.59 Å². The summed E-state index contributed by atoms with van der Waals surface area (Å²) >= 11 is 0. The summed E-state index contributed by atoms with van der Waals surface area (Å²) in [5.74, 6) is -0.241. The first-order valence-electron chi connectivity index (χ1n) is 11.0. The van der Waals surface area contributed by atoms with Crippen molar-refractivity contribution in [2.75, 3.05) is 13.6 Å². The summed E-state index contributed by atoms with van der Waals surface area (Å²) in [6.07, 6.45) is -0.483. The second-order valence-electron chi connectivity index (χ2n) is 9.35. The minimum Gasteiger partial charge on any atom is -0.445 e. The predicted octanol–water partition coefficient (Wildman–Crippen LogP) is 4.66. The van der Waals surface area contributed by atoms with Crippen LogP contribution < -0.4 is 5.32 Å². The van der Waals surface area contributed by atoms with Crippen molar-refractivity contribution < 1.29 is 18.8 Å². The first-order chi connectivity index (χ1) is 15.1. The molecule has 0 spiro atoms. The molecule has 174 valence electrons. The molecule has 1 unspecified atom stereocenters. The molecule has 32 heavy (non-hydrogen) atoms. The first kappa shape index (κ1) is 25.6. The molecule has 1 N–H and O–H groups in total. The van der Waals surface area contributed by atoms with Crippen molar-refractivity contribution in [3.05, 3.63) is 71.3 Å². The van der Waals surface area contributed by atoms with Crippen LogP contribution in [0, 0.1) is 5.41 Å². The number of rotatable bonds is 9. The molecule has 0 aliphatic rings. The highest BCUT2D eigenvalue weighted by molar-refractivity contribution is 6.48. The zero-order valence-corrected chi connectivity index (χ0v) is 21.2. The van der Waals surface area contributed by atoms with E-state index in [0.717, 1.165) is 16.7 Å². The Hall–Kier alpha value is -2.64. The van der Waals surface area contributed by atoms with Crippen LogP contribution in [0.3, 0.4) is 0 Å². The summed E-state index contributed by atoms with van der Waals surface area (Å²) < 4.78 is 11.5. The molecule has 7 heteroatoms. The fraction of sp³-hybridized carbons (Fsp3) is 0.440. The van der Waals surface area contributed by atoms with Crippen LogP contribution in [-0.4, -0.2) is 39.5 Å². The topological polar surface area (TPSA) is 67.9 Å². The van der Waals surface area contributed by atoms with Crippen LogP contribution in [0.25, 0.3) is 0 Å². The van der Waals surface area contributed by atoms with Gasteiger partial charge in [0.25, 0.3) is 0 Å². The second kappa shape index (κ2) is 11.8. The zero-order valence-electron chi connectivity index (χ0n) is 20.1. The molecule has 6 nitrogen and oxygen atoms in total. The molecule has 0 saturated carbocycles. The molecule has 0 aromatic heterocycles. The van der Waals surface area contributed by atoms with Crippen molar-refractivity contribution in [3.8, 4) is 0 Å². The van der Waals surface area contributed by atoms with E-state index in [2.05, 4.69) is 51.3 Å². The third kappa shape index (κ3) is 8.47. The van der Waals surface area contributed by atoms with Gasteiger partial charge in [0.05, 0.1) is 6.10 Å². The first-order valence-corrected chi connectivity index (χ1v) is 13.8. The molecule has 0 heterocycles. The van der Waals surface area contributed by atoms with E-state index in [1.54, 1.807) is 7.05 Å². The summed E-state index contributed by atoms with van der Waals surface area (Å²) in [7, 11) is 0.365. The molecule has 2 rings (SSSR count). The van der Waals surface area contributed by atoms with Gasteiger partial charge in [0.2, 0.25) is 5.91 Å². The number of likely N-dealkylation sites (N-methyl/N-ethyl adjacent to an activating group) is 1. The van der Waals surface area contributed by atoms with Crippen molar-refractivity contribution in [2.24, 2.45) is 5.41 Å². The van der Waals surface area contributed by atoms with E-state index in [1.165, 1.54) is 4.90 Å². The Morgan fingerprint density at radius 2 is 1.62 bits per heavy atom. The Morgan fingerprint density at radius 3 is 2.19 bits per heavy atom. The minimum atomic E-state index is -1.18. The van der Waals surface area contributed by atoms with Gasteiger partial charge in [0.15, 0.2) is 9.04 Å². The highest BCUT2D eigenvalue weighted by Gasteiger charge is 2.27. The normalized spacial score (nSPS) is 12.3. The van der Waals surface area contributed by atoms with Gasteiger partial charge in [-0.05, 0) is 35.2 Å². The molecule has 2 amide bonds. The van der Waals surface area contributed by atoms with Crippen molar-refractivity contribution in [2.45, 2.75) is 53.1 Å². The molecular weight excluding hydrogens is 420 g/mol. The molecule has 2 aromatic rings. The lowest BCUT2D eigenvalue weighted by Crippen LogP contribution is -2.38. The van der Waals surface area contributed by atoms with Gasteiger partial charge in [-0.2, -0.15) is 0 Å². The van der Waals surface area contributed by atoms with Gasteiger partial charge in [-0.15, -0.1) is 0 Å². The van der Waals surface area contributed by atoms with Crippen molar-refractivity contribution >= 4 is 21.0 Å². The fourth-order valence-corrected chi connectivity index (χ4v) is 4.34. The number of carbonyl (C=O) groups excluding carboxylic acids is 2. The van der Waals surface area contributed by atoms with E-state index in [4.69, 9.17) is 9.16 Å². The molecule has 0 aliphatic heterocycles. The van der Waals surface area contributed by atoms with Crippen LogP contribution in [0.4, 0.5) is 4.79 Å². The standard InChI is InChI=1S/C25H36N2O4Si/c1-25(2,3)23(31-32(5)6)21-14-12-19(13-15-21)16-26-22(28)17-27(4)24(29)30-18-20-10-8-7-9-11-20/h7-15,23,32H,16-18H2,1-6H3,(H,26,28). The van der Waals surface area contributed by atoms with Gasteiger partial charge in [-0.25, -0.2) is 4.79 Å². The fourth-order valence-electron chi connectivity index (χ4n) is 3.23. The van der Waals surface area contributed by atoms with Crippen LogP contribution >= 0.6 is 0 Å². The maximum atomic E-state index is 12.3. The summed E-state index contributed by atoms with van der Waals surface area (Å²) in [4.78, 5) is 25.6. The average molecular weight is 457 g/mol. The molecule has 0 bridgehead atoms. The van der Waals surface area contributed by atoms with Crippen molar-refractivity contribution in [1.29, 1.82) is 0 Å². The third-order valence-electron chi connectivity index (χ3n) is 4.86. The number of amides is 2. The van der Waals surface area contributed by atoms with E-state index in [-0.39, 0.29) is 30.6 Å². The summed E-state index contributed by atoms with van der Waals surface area (Å²) in [5.41, 5.74) is 3.05. The van der Waals surface area contributed by atoms with Crippen molar-refractivity contribution in [1.82, 2.24) is 10.2 Å². The second-order valence-corrected chi connectivity index (χ2v) is 11.7. The summed E-state index contributed by atoms with van der Waals surface area (Å²) in [6, 6.07) is 17.6. The number of hydrogen-bond acceptors (Lipinski definition) is 4. The van der Waals surface area contributed by atoms with Gasteiger partial charge in [-0.3, -0.25) is 4.79 Å². The van der Waals surface area contributed by atoms with Gasteiger partial charge >= 0.3 is 6.09 Å². The van der Waals surface area contributed by atoms with Gasteiger partial charge in [0.1, 0.15) is 13.2 Å². The molecule has 1 atom stereocenters. The molecular formula is C25H36N2O4Si. The highest BCUT2D eigenvalue weighted by atomic mass is 28.3. The van der Waals surface area contributed by atoms with Crippen LogP contribution in [0.15, 0.2) is 54.6 Å². The average Bonchev–Trinajstić information content (AvgIpc) is 2.74. The quantitative estimate of drug-likeness (QED) is 0.557. The maximum absolute atomic E-state index is 12.3. The molecule has 2 aromatic carbocycles.